The van der Waals surface area contributed by atoms with Crippen molar-refractivity contribution in [3.05, 3.63) is 121 Å². The molecule has 4 aromatic carbocycles. The predicted molar refractivity (Wildman–Crippen MR) is 149 cm³/mol. The molecule has 0 saturated carbocycles. The smallest absolute Gasteiger partial charge is 0.501 e. The fourth-order valence-corrected chi connectivity index (χ4v) is 5.70. The minimum Gasteiger partial charge on any atom is -0.501 e. The van der Waals surface area contributed by atoms with Gasteiger partial charge in [-0.2, -0.15) is 0 Å². The van der Waals surface area contributed by atoms with Gasteiger partial charge in [-0.3, -0.25) is 0 Å². The zero-order valence-corrected chi connectivity index (χ0v) is 22.8. The molecule has 0 N–H and O–H groups in total. The van der Waals surface area contributed by atoms with Crippen molar-refractivity contribution in [2.75, 3.05) is 0 Å². The maximum Gasteiger partial charge on any atom is 1.00 e. The predicted octanol–water partition coefficient (Wildman–Crippen LogP) is 3.05. The second-order valence-corrected chi connectivity index (χ2v) is 9.61. The van der Waals surface area contributed by atoms with Crippen molar-refractivity contribution in [2.24, 2.45) is 0 Å². The molecule has 0 spiro atoms. The summed E-state index contributed by atoms with van der Waals surface area (Å²) in [6.45, 7) is 0. The van der Waals surface area contributed by atoms with Gasteiger partial charge in [-0.05, 0) is 46.9 Å². The summed E-state index contributed by atoms with van der Waals surface area (Å²) < 4.78 is 26.5. The number of rotatable bonds is 4. The van der Waals surface area contributed by atoms with E-state index in [-0.39, 0.29) is 29.6 Å². The van der Waals surface area contributed by atoms with Gasteiger partial charge < -0.3 is 17.7 Å². The molecular weight excluding hydrogens is 482 g/mol. The van der Waals surface area contributed by atoms with E-state index in [0.29, 0.717) is 0 Å². The third-order valence-corrected chi connectivity index (χ3v) is 7.49. The molecule has 0 amide bonds. The fraction of sp³-hybridized carbons (Fsp3) is 0. The van der Waals surface area contributed by atoms with Gasteiger partial charge in [0.05, 0.1) is 0 Å². The van der Waals surface area contributed by atoms with E-state index in [2.05, 4.69) is 48.5 Å². The van der Waals surface area contributed by atoms with E-state index in [1.54, 1.807) is 0 Å². The van der Waals surface area contributed by atoms with Crippen molar-refractivity contribution in [1.29, 1.82) is 0 Å². The maximum absolute atomic E-state index is 6.63. The maximum atomic E-state index is 6.63. The minimum atomic E-state index is -2.10. The van der Waals surface area contributed by atoms with Crippen LogP contribution < -0.4 is 52.2 Å². The van der Waals surface area contributed by atoms with Crippen molar-refractivity contribution in [1.82, 2.24) is 0 Å². The molecule has 0 aliphatic heterocycles. The topological polar surface area (TPSA) is 52.6 Å². The van der Waals surface area contributed by atoms with Crippen LogP contribution in [0.3, 0.4) is 0 Å². The van der Waals surface area contributed by atoms with Crippen LogP contribution in [0.15, 0.2) is 139 Å². The first kappa shape index (κ1) is 23.2. The van der Waals surface area contributed by atoms with E-state index in [4.69, 9.17) is 17.7 Å². The molecule has 4 nitrogen and oxygen atoms in total. The van der Waals surface area contributed by atoms with Crippen LogP contribution in [-0.2, 0) is 0 Å². The SMILES string of the molecule is [Na+].c1ccc2oc([B-](c3cc4ccccc4o3)(c3cc4ccccc4o3)c3cc4ccccc4o3)cc2c1. The van der Waals surface area contributed by atoms with Gasteiger partial charge in [0.2, 0.25) is 0 Å². The average molecular weight is 502 g/mol. The molecule has 0 atom stereocenters. The molecule has 0 aliphatic carbocycles. The normalized spacial score (nSPS) is 12.0. The number of furan rings is 4. The summed E-state index contributed by atoms with van der Waals surface area (Å²) in [4.78, 5) is 0. The monoisotopic (exact) mass is 502 g/mol. The van der Waals surface area contributed by atoms with Gasteiger partial charge >= 0.3 is 29.6 Å². The van der Waals surface area contributed by atoms with Gasteiger partial charge in [0.15, 0.2) is 0 Å². The summed E-state index contributed by atoms with van der Waals surface area (Å²) >= 11 is 0. The Kier molecular flexibility index (Phi) is 5.41. The van der Waals surface area contributed by atoms with Crippen LogP contribution in [0.1, 0.15) is 0 Å². The molecule has 0 unspecified atom stereocenters. The Morgan fingerprint density at radius 2 is 0.579 bits per heavy atom. The molecule has 4 heterocycles. The number of benzene rings is 4. The Hall–Kier alpha value is -3.90. The van der Waals surface area contributed by atoms with Gasteiger partial charge in [-0.25, -0.2) is 0 Å². The second kappa shape index (κ2) is 8.85. The fourth-order valence-electron chi connectivity index (χ4n) is 5.70. The summed E-state index contributed by atoms with van der Waals surface area (Å²) in [7, 11) is 0. The molecule has 8 aromatic rings. The van der Waals surface area contributed by atoms with Crippen LogP contribution in [0.4, 0.5) is 0 Å². The van der Waals surface area contributed by atoms with E-state index in [1.807, 2.05) is 72.8 Å². The standard InChI is InChI=1S/C32H20BO4.Na/c1-5-13-25-21(9-1)17-29(34-25)33(30-18-22-10-2-6-14-26(22)35-30,31-19-23-11-3-7-15-27(23)36-31)32-20-24-12-4-8-16-28(24)37-32;/h1-20H;/q-1;+1. The average Bonchev–Trinajstić information content (AvgIpc) is 3.73. The van der Waals surface area contributed by atoms with Gasteiger partial charge in [0.25, 0.3) is 6.15 Å². The van der Waals surface area contributed by atoms with E-state index in [0.717, 1.165) is 66.5 Å². The number of para-hydroxylation sites is 4. The van der Waals surface area contributed by atoms with Crippen LogP contribution in [0, 0.1) is 0 Å². The first-order valence-corrected chi connectivity index (χ1v) is 12.4. The molecule has 4 aromatic heterocycles. The largest absolute Gasteiger partial charge is 1.00 e. The molecular formula is C32H20BNaO4. The Balaban J connectivity index is 0.00000242. The van der Waals surface area contributed by atoms with Crippen LogP contribution in [-0.4, -0.2) is 6.15 Å². The molecule has 0 aliphatic rings. The molecule has 38 heavy (non-hydrogen) atoms. The molecule has 8 rings (SSSR count). The van der Waals surface area contributed by atoms with Gasteiger partial charge in [0.1, 0.15) is 22.3 Å². The van der Waals surface area contributed by atoms with E-state index in [9.17, 15) is 0 Å². The van der Waals surface area contributed by atoms with Gasteiger partial charge in [0, 0.05) is 21.5 Å². The van der Waals surface area contributed by atoms with Crippen molar-refractivity contribution < 1.29 is 47.2 Å². The Morgan fingerprint density at radius 3 is 0.816 bits per heavy atom. The number of hydrogen-bond acceptors (Lipinski definition) is 4. The summed E-state index contributed by atoms with van der Waals surface area (Å²) in [6, 6.07) is 40.5. The molecule has 0 bridgehead atoms. The zero-order valence-electron chi connectivity index (χ0n) is 20.8. The summed E-state index contributed by atoms with van der Waals surface area (Å²) in [5.41, 5.74) is 6.08. The minimum absolute atomic E-state index is 0. The summed E-state index contributed by atoms with van der Waals surface area (Å²) in [6.07, 6.45) is -2.10. The van der Waals surface area contributed by atoms with E-state index >= 15 is 0 Å². The van der Waals surface area contributed by atoms with Crippen molar-refractivity contribution in [3.8, 4) is 0 Å². The van der Waals surface area contributed by atoms with E-state index < -0.39 is 6.15 Å². The Bertz CT molecular complexity index is 1640. The first-order chi connectivity index (χ1) is 18.3. The van der Waals surface area contributed by atoms with Gasteiger partial charge in [-0.1, -0.05) is 97.1 Å². The zero-order chi connectivity index (χ0) is 24.4. The molecule has 176 valence electrons. The third-order valence-electron chi connectivity index (χ3n) is 7.49. The van der Waals surface area contributed by atoms with Crippen LogP contribution >= 0.6 is 0 Å². The first-order valence-electron chi connectivity index (χ1n) is 12.4. The molecule has 6 heteroatoms. The Labute approximate surface area is 240 Å². The molecule has 0 saturated heterocycles. The number of fused-ring (bicyclic) bond motifs is 4. The quantitative estimate of drug-likeness (QED) is 0.348. The van der Waals surface area contributed by atoms with Crippen LogP contribution in [0.5, 0.6) is 0 Å². The Morgan fingerprint density at radius 1 is 0.342 bits per heavy atom. The van der Waals surface area contributed by atoms with Crippen molar-refractivity contribution in [2.45, 2.75) is 0 Å². The van der Waals surface area contributed by atoms with Crippen molar-refractivity contribution in [3.63, 3.8) is 0 Å². The second-order valence-electron chi connectivity index (χ2n) is 9.61. The summed E-state index contributed by atoms with van der Waals surface area (Å²) in [5, 5.41) is 4.03. The summed E-state index contributed by atoms with van der Waals surface area (Å²) in [5.74, 6) is 0. The molecule has 0 radical (unpaired) electrons. The molecule has 0 fully saturated rings. The van der Waals surface area contributed by atoms with Gasteiger partial charge in [-0.15, -0.1) is 0 Å². The van der Waals surface area contributed by atoms with Crippen LogP contribution in [0.25, 0.3) is 43.9 Å². The van der Waals surface area contributed by atoms with Crippen molar-refractivity contribution >= 4 is 72.7 Å². The third kappa shape index (κ3) is 3.36. The van der Waals surface area contributed by atoms with E-state index in [1.165, 1.54) is 0 Å². The number of hydrogen-bond donors (Lipinski definition) is 0. The van der Waals surface area contributed by atoms with Crippen LogP contribution in [0.2, 0.25) is 0 Å².